The predicted octanol–water partition coefficient (Wildman–Crippen LogP) is 2.02. The maximum atomic E-state index is 12.0. The summed E-state index contributed by atoms with van der Waals surface area (Å²) in [5.74, 6) is 0.0983. The Kier molecular flexibility index (Phi) is 3.74. The molecule has 0 aromatic carbocycles. The summed E-state index contributed by atoms with van der Waals surface area (Å²) >= 11 is 0. The number of furan rings is 1. The zero-order valence-corrected chi connectivity index (χ0v) is 9.90. The second-order valence-electron chi connectivity index (χ2n) is 4.13. The number of ketones is 2. The minimum absolute atomic E-state index is 0.0182. The molecule has 4 nitrogen and oxygen atoms in total. The molecule has 0 amide bonds. The Morgan fingerprint density at radius 2 is 2.41 bits per heavy atom. The number of hydrogen-bond donors (Lipinski definition) is 0. The summed E-state index contributed by atoms with van der Waals surface area (Å²) in [5.41, 5.74) is 0.575. The number of hydrogen-bond acceptors (Lipinski definition) is 4. The number of ether oxygens (including phenoxy) is 1. The van der Waals surface area contributed by atoms with E-state index in [1.807, 2.05) is 6.92 Å². The third kappa shape index (κ3) is 2.47. The van der Waals surface area contributed by atoms with Gasteiger partial charge < -0.3 is 9.15 Å². The summed E-state index contributed by atoms with van der Waals surface area (Å²) in [6.07, 6.45) is 3.05. The zero-order chi connectivity index (χ0) is 12.3. The monoisotopic (exact) mass is 236 g/mol. The first kappa shape index (κ1) is 12.0. The number of carbonyl (C=O) groups is 2. The van der Waals surface area contributed by atoms with E-state index in [9.17, 15) is 9.59 Å². The molecule has 1 atom stereocenters. The van der Waals surface area contributed by atoms with E-state index in [0.717, 1.165) is 0 Å². The van der Waals surface area contributed by atoms with E-state index in [2.05, 4.69) is 0 Å². The van der Waals surface area contributed by atoms with Gasteiger partial charge in [-0.1, -0.05) is 0 Å². The number of rotatable bonds is 5. The van der Waals surface area contributed by atoms with Crippen molar-refractivity contribution in [2.75, 3.05) is 13.2 Å². The van der Waals surface area contributed by atoms with Gasteiger partial charge in [0.15, 0.2) is 5.78 Å². The van der Waals surface area contributed by atoms with Crippen molar-refractivity contribution in [3.8, 4) is 0 Å². The molecule has 0 saturated carbocycles. The summed E-state index contributed by atoms with van der Waals surface area (Å²) in [5, 5.41) is 0. The lowest BCUT2D eigenvalue weighted by Crippen LogP contribution is -2.29. The lowest BCUT2D eigenvalue weighted by Gasteiger charge is -2.18. The molecule has 0 aliphatic heterocycles. The number of carbonyl (C=O) groups excluding carboxylic acids is 2. The van der Waals surface area contributed by atoms with Crippen LogP contribution in [0.25, 0.3) is 0 Å². The van der Waals surface area contributed by atoms with Crippen molar-refractivity contribution in [1.29, 1.82) is 0 Å². The normalized spacial score (nSPS) is 19.1. The van der Waals surface area contributed by atoms with Gasteiger partial charge in [0.25, 0.3) is 0 Å². The molecule has 0 bridgehead atoms. The highest BCUT2D eigenvalue weighted by atomic mass is 16.5. The van der Waals surface area contributed by atoms with Crippen LogP contribution in [-0.4, -0.2) is 24.8 Å². The van der Waals surface area contributed by atoms with Gasteiger partial charge >= 0.3 is 0 Å². The Morgan fingerprint density at radius 3 is 3.18 bits per heavy atom. The molecule has 1 heterocycles. The molecule has 92 valence electrons. The molecule has 0 saturated heterocycles. The molecule has 1 aliphatic rings. The summed E-state index contributed by atoms with van der Waals surface area (Å²) in [7, 11) is 0. The second kappa shape index (κ2) is 5.27. The third-order valence-electron chi connectivity index (χ3n) is 3.07. The van der Waals surface area contributed by atoms with Crippen molar-refractivity contribution in [2.45, 2.75) is 26.2 Å². The maximum Gasteiger partial charge on any atom is 0.176 e. The maximum absolute atomic E-state index is 12.0. The standard InChI is InChI=1S/C13H16O4/c1-2-16-7-6-11(14)9-3-4-12-10(13(9)15)5-8-17-12/h5,8-9H,2-4,6-7H2,1H3. The molecule has 4 heteroatoms. The van der Waals surface area contributed by atoms with E-state index in [4.69, 9.17) is 9.15 Å². The largest absolute Gasteiger partial charge is 0.469 e. The van der Waals surface area contributed by atoms with Crippen LogP contribution in [0.5, 0.6) is 0 Å². The van der Waals surface area contributed by atoms with Crippen molar-refractivity contribution in [2.24, 2.45) is 5.92 Å². The highest BCUT2D eigenvalue weighted by Gasteiger charge is 2.33. The Hall–Kier alpha value is -1.42. The van der Waals surface area contributed by atoms with Gasteiger partial charge in [0.05, 0.1) is 24.4 Å². The van der Waals surface area contributed by atoms with Gasteiger partial charge in [-0.05, 0) is 19.4 Å². The quantitative estimate of drug-likeness (QED) is 0.579. The number of fused-ring (bicyclic) bond motifs is 1. The molecule has 1 unspecified atom stereocenters. The molecule has 0 radical (unpaired) electrons. The molecule has 2 rings (SSSR count). The second-order valence-corrected chi connectivity index (χ2v) is 4.13. The Morgan fingerprint density at radius 1 is 1.59 bits per heavy atom. The Bertz CT molecular complexity index is 419. The van der Waals surface area contributed by atoms with Crippen LogP contribution in [-0.2, 0) is 16.0 Å². The van der Waals surface area contributed by atoms with Crippen LogP contribution in [0.2, 0.25) is 0 Å². The van der Waals surface area contributed by atoms with Gasteiger partial charge in [-0.25, -0.2) is 0 Å². The van der Waals surface area contributed by atoms with Gasteiger partial charge in [0, 0.05) is 19.4 Å². The fourth-order valence-corrected chi connectivity index (χ4v) is 2.15. The predicted molar refractivity (Wildman–Crippen MR) is 61.0 cm³/mol. The molecule has 1 aromatic rings. The van der Waals surface area contributed by atoms with Crippen molar-refractivity contribution < 1.29 is 18.7 Å². The van der Waals surface area contributed by atoms with Crippen molar-refractivity contribution in [3.63, 3.8) is 0 Å². The average molecular weight is 236 g/mol. The molecule has 0 fully saturated rings. The van der Waals surface area contributed by atoms with Crippen LogP contribution >= 0.6 is 0 Å². The summed E-state index contributed by atoms with van der Waals surface area (Å²) < 4.78 is 10.3. The fourth-order valence-electron chi connectivity index (χ4n) is 2.15. The van der Waals surface area contributed by atoms with Gasteiger partial charge in [-0.2, -0.15) is 0 Å². The molecule has 1 aliphatic carbocycles. The van der Waals surface area contributed by atoms with Crippen molar-refractivity contribution in [1.82, 2.24) is 0 Å². The van der Waals surface area contributed by atoms with Crippen LogP contribution < -0.4 is 0 Å². The first-order valence-corrected chi connectivity index (χ1v) is 5.95. The topological polar surface area (TPSA) is 56.5 Å². The van der Waals surface area contributed by atoms with Crippen molar-refractivity contribution in [3.05, 3.63) is 23.7 Å². The third-order valence-corrected chi connectivity index (χ3v) is 3.07. The average Bonchev–Trinajstić information content (AvgIpc) is 2.78. The number of Topliss-reactive ketones (excluding diaryl/α,β-unsaturated/α-hetero) is 2. The Balaban J connectivity index is 2.00. The summed E-state index contributed by atoms with van der Waals surface area (Å²) in [6.45, 7) is 2.88. The molecular formula is C13H16O4. The van der Waals surface area contributed by atoms with Crippen LogP contribution in [0.3, 0.4) is 0 Å². The molecule has 0 spiro atoms. The minimum Gasteiger partial charge on any atom is -0.469 e. The lowest BCUT2D eigenvalue weighted by atomic mass is 9.83. The van der Waals surface area contributed by atoms with E-state index >= 15 is 0 Å². The zero-order valence-electron chi connectivity index (χ0n) is 9.90. The van der Waals surface area contributed by atoms with Crippen LogP contribution in [0.1, 0.15) is 35.9 Å². The van der Waals surface area contributed by atoms with Crippen LogP contribution in [0, 0.1) is 5.92 Å². The van der Waals surface area contributed by atoms with Gasteiger partial charge in [-0.15, -0.1) is 0 Å². The molecule has 0 N–H and O–H groups in total. The van der Waals surface area contributed by atoms with Gasteiger partial charge in [0.2, 0.25) is 0 Å². The smallest absolute Gasteiger partial charge is 0.176 e. The van der Waals surface area contributed by atoms with E-state index in [1.165, 1.54) is 6.26 Å². The van der Waals surface area contributed by atoms with E-state index in [0.29, 0.717) is 43.8 Å². The summed E-state index contributed by atoms with van der Waals surface area (Å²) in [6, 6.07) is 1.65. The van der Waals surface area contributed by atoms with Crippen molar-refractivity contribution >= 4 is 11.6 Å². The Labute approximate surface area is 99.9 Å². The SMILES string of the molecule is CCOCCC(=O)C1CCc2occc2C1=O. The first-order chi connectivity index (χ1) is 8.24. The van der Waals surface area contributed by atoms with E-state index < -0.39 is 5.92 Å². The summed E-state index contributed by atoms with van der Waals surface area (Å²) in [4.78, 5) is 23.9. The van der Waals surface area contributed by atoms with Crippen LogP contribution in [0.15, 0.2) is 16.7 Å². The highest BCUT2D eigenvalue weighted by molar-refractivity contribution is 6.11. The number of aryl methyl sites for hydroxylation is 1. The first-order valence-electron chi connectivity index (χ1n) is 5.95. The van der Waals surface area contributed by atoms with Crippen LogP contribution in [0.4, 0.5) is 0 Å². The van der Waals surface area contributed by atoms with E-state index in [-0.39, 0.29) is 11.6 Å². The molecule has 1 aromatic heterocycles. The highest BCUT2D eigenvalue weighted by Crippen LogP contribution is 2.27. The fraction of sp³-hybridized carbons (Fsp3) is 0.538. The van der Waals surface area contributed by atoms with Gasteiger partial charge in [-0.3, -0.25) is 9.59 Å². The van der Waals surface area contributed by atoms with Gasteiger partial charge in [0.1, 0.15) is 11.5 Å². The minimum atomic E-state index is -0.499. The molecular weight excluding hydrogens is 220 g/mol. The van der Waals surface area contributed by atoms with E-state index in [1.54, 1.807) is 6.07 Å². The molecule has 17 heavy (non-hydrogen) atoms. The lowest BCUT2D eigenvalue weighted by molar-refractivity contribution is -0.122.